The van der Waals surface area contributed by atoms with Crippen molar-refractivity contribution in [3.8, 4) is 5.75 Å². The van der Waals surface area contributed by atoms with Crippen molar-refractivity contribution in [1.82, 2.24) is 14.5 Å². The number of hydrogen-bond donors (Lipinski definition) is 3. The minimum Gasteiger partial charge on any atom is -0.488 e. The maximum atomic E-state index is 13.5. The average Bonchev–Trinajstić information content (AvgIpc) is 3.00. The van der Waals surface area contributed by atoms with Crippen molar-refractivity contribution in [2.45, 2.75) is 82.4 Å². The molecule has 3 N–H and O–H groups in total. The number of likely N-dealkylation sites (N-methyl/N-ethyl adjacent to an activating group) is 1. The van der Waals surface area contributed by atoms with Crippen molar-refractivity contribution in [3.63, 3.8) is 0 Å². The van der Waals surface area contributed by atoms with Crippen molar-refractivity contribution in [2.75, 3.05) is 32.1 Å². The number of nitrogens with one attached hydrogen (secondary N) is 2. The van der Waals surface area contributed by atoms with Crippen LogP contribution in [0, 0.1) is 12.8 Å². The lowest BCUT2D eigenvalue weighted by Gasteiger charge is -2.33. The normalized spacial score (nSPS) is 21.0. The molecule has 11 heteroatoms. The van der Waals surface area contributed by atoms with E-state index in [0.29, 0.717) is 17.0 Å². The minimum absolute atomic E-state index is 0.0103. The highest BCUT2D eigenvalue weighted by atomic mass is 32.2. The molecule has 3 amide bonds. The monoisotopic (exact) mass is 600 g/mol. The Morgan fingerprint density at radius 3 is 2.50 bits per heavy atom. The number of hydrogen-bond acceptors (Lipinski definition) is 6. The van der Waals surface area contributed by atoms with Crippen LogP contribution in [0.2, 0.25) is 0 Å². The Hall–Kier alpha value is -3.15. The van der Waals surface area contributed by atoms with Gasteiger partial charge in [0.05, 0.1) is 30.5 Å². The number of fused-ring (bicyclic) bond motifs is 1. The van der Waals surface area contributed by atoms with Crippen molar-refractivity contribution in [1.29, 1.82) is 0 Å². The standard InChI is InChI=1S/C31H44N4O6S/c1-21-10-13-27(14-11-21)42(39,40)34(4)19-29-22(2)18-35(23(3)20-36)30(37)17-24-16-26(12-15-28(24)41-29)33-31(38)32-25-8-6-5-7-9-25/h10-16,22-23,25,29,36H,5-9,17-20H2,1-4H3,(H2,32,33,38)/t22-,23+,29-/m0/s1. The van der Waals surface area contributed by atoms with E-state index in [2.05, 4.69) is 10.6 Å². The zero-order valence-electron chi connectivity index (χ0n) is 25.0. The molecule has 0 aromatic heterocycles. The van der Waals surface area contributed by atoms with E-state index >= 15 is 0 Å². The van der Waals surface area contributed by atoms with Gasteiger partial charge in [-0.2, -0.15) is 4.31 Å². The maximum absolute atomic E-state index is 13.5. The second-order valence-electron chi connectivity index (χ2n) is 11.7. The Labute approximate surface area is 249 Å². The lowest BCUT2D eigenvalue weighted by Crippen LogP contribution is -2.48. The Kier molecular flexibility index (Phi) is 10.5. The third-order valence-corrected chi connectivity index (χ3v) is 10.1. The van der Waals surface area contributed by atoms with Crippen molar-refractivity contribution in [2.24, 2.45) is 5.92 Å². The first-order chi connectivity index (χ1) is 20.0. The summed E-state index contributed by atoms with van der Waals surface area (Å²) in [5, 5.41) is 15.8. The minimum atomic E-state index is -3.79. The largest absolute Gasteiger partial charge is 0.488 e. The molecule has 1 heterocycles. The fourth-order valence-corrected chi connectivity index (χ4v) is 6.75. The number of rotatable bonds is 8. The number of aryl methyl sites for hydroxylation is 1. The van der Waals surface area contributed by atoms with E-state index in [-0.39, 0.29) is 54.9 Å². The van der Waals surface area contributed by atoms with Gasteiger partial charge in [0.1, 0.15) is 11.9 Å². The summed E-state index contributed by atoms with van der Waals surface area (Å²) in [6.45, 7) is 5.72. The molecule has 1 aliphatic carbocycles. The van der Waals surface area contributed by atoms with Crippen LogP contribution in [-0.2, 0) is 21.2 Å². The summed E-state index contributed by atoms with van der Waals surface area (Å²) in [4.78, 5) is 28.0. The number of sulfonamides is 1. The molecule has 0 saturated heterocycles. The SMILES string of the molecule is Cc1ccc(S(=O)(=O)N(C)C[C@@H]2Oc3ccc(NC(=O)NC4CCCCC4)cc3CC(=O)N([C@H](C)CO)C[C@@H]2C)cc1. The molecule has 2 aromatic carbocycles. The highest BCUT2D eigenvalue weighted by Gasteiger charge is 2.33. The zero-order chi connectivity index (χ0) is 30.4. The molecule has 4 rings (SSSR count). The molecule has 0 bridgehead atoms. The molecule has 3 atom stereocenters. The van der Waals surface area contributed by atoms with Crippen LogP contribution in [0.4, 0.5) is 10.5 Å². The predicted molar refractivity (Wildman–Crippen MR) is 162 cm³/mol. The number of benzene rings is 2. The van der Waals surface area contributed by atoms with Crippen LogP contribution in [0.25, 0.3) is 0 Å². The molecule has 10 nitrogen and oxygen atoms in total. The Bertz CT molecular complexity index is 1340. The summed E-state index contributed by atoms with van der Waals surface area (Å²) in [6.07, 6.45) is 4.74. The summed E-state index contributed by atoms with van der Waals surface area (Å²) < 4.78 is 34.5. The van der Waals surface area contributed by atoms with E-state index < -0.39 is 22.2 Å². The fraction of sp³-hybridized carbons (Fsp3) is 0.548. The number of amides is 3. The molecule has 2 aliphatic rings. The van der Waals surface area contributed by atoms with Crippen LogP contribution >= 0.6 is 0 Å². The lowest BCUT2D eigenvalue weighted by molar-refractivity contribution is -0.134. The average molecular weight is 601 g/mol. The number of aliphatic hydroxyl groups excluding tert-OH is 1. The van der Waals surface area contributed by atoms with Gasteiger partial charge in [-0.05, 0) is 57.0 Å². The van der Waals surface area contributed by atoms with Crippen molar-refractivity contribution < 1.29 is 27.9 Å². The third-order valence-electron chi connectivity index (χ3n) is 8.28. The topological polar surface area (TPSA) is 128 Å². The number of urea groups is 1. The van der Waals surface area contributed by atoms with Crippen molar-refractivity contribution in [3.05, 3.63) is 53.6 Å². The van der Waals surface area contributed by atoms with Gasteiger partial charge >= 0.3 is 6.03 Å². The van der Waals surface area contributed by atoms with Gasteiger partial charge in [0.25, 0.3) is 0 Å². The Balaban J connectivity index is 1.59. The van der Waals surface area contributed by atoms with Gasteiger partial charge in [-0.25, -0.2) is 13.2 Å². The number of carbonyl (C=O) groups excluding carboxylic acids is 2. The lowest BCUT2D eigenvalue weighted by atomic mass is 9.96. The summed E-state index contributed by atoms with van der Waals surface area (Å²) in [5.41, 5.74) is 2.07. The van der Waals surface area contributed by atoms with Gasteiger partial charge in [0, 0.05) is 36.8 Å². The van der Waals surface area contributed by atoms with Gasteiger partial charge in [0.2, 0.25) is 15.9 Å². The summed E-state index contributed by atoms with van der Waals surface area (Å²) >= 11 is 0. The molecule has 0 radical (unpaired) electrons. The highest BCUT2D eigenvalue weighted by molar-refractivity contribution is 7.89. The summed E-state index contributed by atoms with van der Waals surface area (Å²) in [5.74, 6) is 0.0139. The molecular formula is C31H44N4O6S. The first-order valence-corrected chi connectivity index (χ1v) is 16.2. The Morgan fingerprint density at radius 2 is 1.83 bits per heavy atom. The zero-order valence-corrected chi connectivity index (χ0v) is 25.8. The number of carbonyl (C=O) groups is 2. The maximum Gasteiger partial charge on any atom is 0.319 e. The van der Waals surface area contributed by atoms with Gasteiger partial charge < -0.3 is 25.4 Å². The number of nitrogens with zero attached hydrogens (tertiary/aromatic N) is 2. The molecule has 42 heavy (non-hydrogen) atoms. The highest BCUT2D eigenvalue weighted by Crippen LogP contribution is 2.30. The van der Waals surface area contributed by atoms with E-state index in [1.54, 1.807) is 54.3 Å². The molecule has 1 aliphatic heterocycles. The van der Waals surface area contributed by atoms with Crippen LogP contribution < -0.4 is 15.4 Å². The van der Waals surface area contributed by atoms with Gasteiger partial charge in [-0.1, -0.05) is 43.9 Å². The van der Waals surface area contributed by atoms with Crippen LogP contribution in [0.1, 0.15) is 57.1 Å². The van der Waals surface area contributed by atoms with E-state index in [1.807, 2.05) is 13.8 Å². The molecule has 1 fully saturated rings. The smallest absolute Gasteiger partial charge is 0.319 e. The molecule has 0 spiro atoms. The summed E-state index contributed by atoms with van der Waals surface area (Å²) in [7, 11) is -2.26. The first kappa shape index (κ1) is 31.8. The predicted octanol–water partition coefficient (Wildman–Crippen LogP) is 3.92. The number of anilines is 1. The van der Waals surface area contributed by atoms with Crippen LogP contribution in [0.3, 0.4) is 0 Å². The second kappa shape index (κ2) is 13.9. The first-order valence-electron chi connectivity index (χ1n) is 14.8. The number of aliphatic hydroxyl groups is 1. The van der Waals surface area contributed by atoms with Crippen LogP contribution in [0.15, 0.2) is 47.4 Å². The molecule has 230 valence electrons. The molecule has 0 unspecified atom stereocenters. The van der Waals surface area contributed by atoms with E-state index in [1.165, 1.54) is 17.8 Å². The van der Waals surface area contributed by atoms with Crippen LogP contribution in [-0.4, -0.2) is 79.6 Å². The van der Waals surface area contributed by atoms with E-state index in [4.69, 9.17) is 4.74 Å². The summed E-state index contributed by atoms with van der Waals surface area (Å²) in [6, 6.07) is 11.3. The van der Waals surface area contributed by atoms with Crippen LogP contribution in [0.5, 0.6) is 5.75 Å². The second-order valence-corrected chi connectivity index (χ2v) is 13.8. The quantitative estimate of drug-likeness (QED) is 0.422. The van der Waals surface area contributed by atoms with Gasteiger partial charge in [0.15, 0.2) is 0 Å². The van der Waals surface area contributed by atoms with Crippen molar-refractivity contribution >= 4 is 27.6 Å². The fourth-order valence-electron chi connectivity index (χ4n) is 5.57. The molecule has 1 saturated carbocycles. The van der Waals surface area contributed by atoms with Gasteiger partial charge in [-0.15, -0.1) is 0 Å². The molecular weight excluding hydrogens is 556 g/mol. The number of ether oxygens (including phenoxy) is 1. The third kappa shape index (κ3) is 7.81. The van der Waals surface area contributed by atoms with E-state index in [0.717, 1.165) is 31.2 Å². The van der Waals surface area contributed by atoms with Gasteiger partial charge in [-0.3, -0.25) is 4.79 Å². The van der Waals surface area contributed by atoms with E-state index in [9.17, 15) is 23.1 Å². The molecule has 2 aromatic rings. The Morgan fingerprint density at radius 1 is 1.14 bits per heavy atom.